The fraction of sp³-hybridized carbons (Fsp3) is 0.450. The predicted molar refractivity (Wildman–Crippen MR) is 106 cm³/mol. The fourth-order valence-electron chi connectivity index (χ4n) is 3.62. The lowest BCUT2D eigenvalue weighted by atomic mass is 10.0. The van der Waals surface area contributed by atoms with Crippen LogP contribution in [0.1, 0.15) is 38.7 Å². The molecule has 0 bridgehead atoms. The van der Waals surface area contributed by atoms with Gasteiger partial charge in [0.25, 0.3) is 0 Å². The van der Waals surface area contributed by atoms with Crippen molar-refractivity contribution in [1.82, 2.24) is 4.68 Å². The second-order valence-corrected chi connectivity index (χ2v) is 6.36. The smallest absolute Gasteiger partial charge is 0.241 e. The number of amides is 1. The largest absolute Gasteiger partial charge is 0.371 e. The number of aryl methyl sites for hydroxylation is 1. The van der Waals surface area contributed by atoms with Crippen molar-refractivity contribution in [3.63, 3.8) is 0 Å². The van der Waals surface area contributed by atoms with Gasteiger partial charge in [-0.25, -0.2) is 5.01 Å². The SMILES string of the molecule is CCC(=O)N(C1CCN(c2ccccc2CC)CC1)n1cccc1.Cl. The Morgan fingerprint density at radius 2 is 1.72 bits per heavy atom. The molecule has 2 heterocycles. The van der Waals surface area contributed by atoms with Gasteiger partial charge in [0.2, 0.25) is 5.91 Å². The van der Waals surface area contributed by atoms with Crippen molar-refractivity contribution < 1.29 is 4.79 Å². The molecular weight excluding hydrogens is 334 g/mol. The van der Waals surface area contributed by atoms with Gasteiger partial charge in [0.1, 0.15) is 0 Å². The Morgan fingerprint density at radius 3 is 2.32 bits per heavy atom. The highest BCUT2D eigenvalue weighted by Crippen LogP contribution is 2.26. The van der Waals surface area contributed by atoms with Gasteiger partial charge in [-0.1, -0.05) is 32.0 Å². The molecule has 0 spiro atoms. The molecule has 0 saturated carbocycles. The molecule has 1 aliphatic rings. The molecule has 1 fully saturated rings. The minimum atomic E-state index is 0. The van der Waals surface area contributed by atoms with Gasteiger partial charge in [-0.05, 0) is 43.0 Å². The zero-order valence-corrected chi connectivity index (χ0v) is 15.9. The highest BCUT2D eigenvalue weighted by Gasteiger charge is 2.28. The first-order valence-electron chi connectivity index (χ1n) is 9.02. The topological polar surface area (TPSA) is 28.5 Å². The van der Waals surface area contributed by atoms with E-state index < -0.39 is 0 Å². The average Bonchev–Trinajstić information content (AvgIpc) is 3.16. The van der Waals surface area contributed by atoms with Gasteiger partial charge in [0.05, 0.1) is 6.04 Å². The van der Waals surface area contributed by atoms with Crippen molar-refractivity contribution in [3.8, 4) is 0 Å². The number of benzene rings is 1. The van der Waals surface area contributed by atoms with E-state index >= 15 is 0 Å². The van der Waals surface area contributed by atoms with Crippen LogP contribution in [0.25, 0.3) is 0 Å². The number of hydrogen-bond donors (Lipinski definition) is 0. The quantitative estimate of drug-likeness (QED) is 0.804. The van der Waals surface area contributed by atoms with Crippen LogP contribution in [0.15, 0.2) is 48.8 Å². The highest BCUT2D eigenvalue weighted by atomic mass is 35.5. The molecule has 1 aromatic carbocycles. The number of hydrogen-bond acceptors (Lipinski definition) is 2. The maximum Gasteiger partial charge on any atom is 0.241 e. The lowest BCUT2D eigenvalue weighted by molar-refractivity contribution is -0.120. The first kappa shape index (κ1) is 19.4. The molecule has 1 saturated heterocycles. The molecule has 5 heteroatoms. The molecule has 136 valence electrons. The minimum Gasteiger partial charge on any atom is -0.371 e. The Bertz CT molecular complexity index is 663. The van der Waals surface area contributed by atoms with E-state index in [0.717, 1.165) is 32.4 Å². The third kappa shape index (κ3) is 4.18. The number of aromatic nitrogens is 1. The van der Waals surface area contributed by atoms with Crippen molar-refractivity contribution in [2.45, 2.75) is 45.6 Å². The second kappa shape index (κ2) is 8.95. The van der Waals surface area contributed by atoms with E-state index in [1.54, 1.807) is 0 Å². The molecule has 25 heavy (non-hydrogen) atoms. The van der Waals surface area contributed by atoms with Gasteiger partial charge in [-0.15, -0.1) is 12.4 Å². The van der Waals surface area contributed by atoms with Crippen LogP contribution in [0.4, 0.5) is 5.69 Å². The van der Waals surface area contributed by atoms with Crippen molar-refractivity contribution in [3.05, 3.63) is 54.4 Å². The van der Waals surface area contributed by atoms with Crippen LogP contribution in [0.2, 0.25) is 0 Å². The summed E-state index contributed by atoms with van der Waals surface area (Å²) in [7, 11) is 0. The van der Waals surface area contributed by atoms with E-state index in [1.165, 1.54) is 11.3 Å². The number of nitrogens with zero attached hydrogens (tertiary/aromatic N) is 3. The van der Waals surface area contributed by atoms with Crippen LogP contribution in [0.5, 0.6) is 0 Å². The lowest BCUT2D eigenvalue weighted by Gasteiger charge is -2.40. The van der Waals surface area contributed by atoms with Crippen molar-refractivity contribution >= 4 is 24.0 Å². The normalized spacial score (nSPS) is 14.9. The van der Waals surface area contributed by atoms with E-state index in [2.05, 4.69) is 36.1 Å². The van der Waals surface area contributed by atoms with Crippen molar-refractivity contribution in [2.24, 2.45) is 0 Å². The summed E-state index contributed by atoms with van der Waals surface area (Å²) in [5.74, 6) is 0.193. The van der Waals surface area contributed by atoms with Crippen LogP contribution >= 0.6 is 12.4 Å². The van der Waals surface area contributed by atoms with E-state index in [1.807, 2.05) is 41.1 Å². The van der Waals surface area contributed by atoms with Crippen LogP contribution in [-0.4, -0.2) is 29.7 Å². The molecular formula is C20H28ClN3O. The Hall–Kier alpha value is -1.94. The summed E-state index contributed by atoms with van der Waals surface area (Å²) in [6.45, 7) is 6.14. The molecule has 1 aliphatic heterocycles. The third-order valence-electron chi connectivity index (χ3n) is 4.92. The third-order valence-corrected chi connectivity index (χ3v) is 4.92. The van der Waals surface area contributed by atoms with Gasteiger partial charge >= 0.3 is 0 Å². The van der Waals surface area contributed by atoms with E-state index in [4.69, 9.17) is 0 Å². The molecule has 1 aromatic heterocycles. The molecule has 3 rings (SSSR count). The van der Waals surface area contributed by atoms with Crippen LogP contribution < -0.4 is 9.91 Å². The van der Waals surface area contributed by atoms with Gasteiger partial charge in [-0.2, -0.15) is 0 Å². The van der Waals surface area contributed by atoms with Crippen molar-refractivity contribution in [1.29, 1.82) is 0 Å². The summed E-state index contributed by atoms with van der Waals surface area (Å²) in [6.07, 6.45) is 7.53. The van der Waals surface area contributed by atoms with E-state index in [0.29, 0.717) is 6.42 Å². The predicted octanol–water partition coefficient (Wildman–Crippen LogP) is 4.02. The first-order valence-corrected chi connectivity index (χ1v) is 9.02. The van der Waals surface area contributed by atoms with Crippen LogP contribution in [0, 0.1) is 0 Å². The standard InChI is InChI=1S/C20H27N3O.ClH/c1-3-17-9-5-6-10-19(17)21-15-11-18(12-16-21)23(20(24)4-2)22-13-7-8-14-22;/h5-10,13-14,18H,3-4,11-12,15-16H2,1-2H3;1H. The summed E-state index contributed by atoms with van der Waals surface area (Å²) < 4.78 is 1.95. The number of rotatable bonds is 5. The summed E-state index contributed by atoms with van der Waals surface area (Å²) in [4.78, 5) is 14.9. The Kier molecular flexibility index (Phi) is 6.94. The summed E-state index contributed by atoms with van der Waals surface area (Å²) in [5, 5.41) is 1.95. The van der Waals surface area contributed by atoms with Gasteiger partial charge < -0.3 is 4.90 Å². The summed E-state index contributed by atoms with van der Waals surface area (Å²) >= 11 is 0. The maximum atomic E-state index is 12.5. The zero-order valence-electron chi connectivity index (χ0n) is 15.1. The van der Waals surface area contributed by atoms with Gasteiger partial charge in [0, 0.05) is 37.6 Å². The summed E-state index contributed by atoms with van der Waals surface area (Å²) in [6, 6.07) is 12.9. The van der Waals surface area contributed by atoms with Gasteiger partial charge in [0.15, 0.2) is 0 Å². The molecule has 4 nitrogen and oxygen atoms in total. The molecule has 2 aromatic rings. The number of carbonyl (C=O) groups excluding carboxylic acids is 1. The Balaban J connectivity index is 0.00000225. The fourth-order valence-corrected chi connectivity index (χ4v) is 3.62. The Morgan fingerprint density at radius 1 is 1.08 bits per heavy atom. The monoisotopic (exact) mass is 361 g/mol. The minimum absolute atomic E-state index is 0. The molecule has 1 amide bonds. The molecule has 0 aliphatic carbocycles. The van der Waals surface area contributed by atoms with Crippen LogP contribution in [-0.2, 0) is 11.2 Å². The number of halogens is 1. The van der Waals surface area contributed by atoms with Crippen molar-refractivity contribution in [2.75, 3.05) is 23.0 Å². The first-order chi connectivity index (χ1) is 11.7. The molecule has 0 unspecified atom stereocenters. The number of para-hydroxylation sites is 1. The second-order valence-electron chi connectivity index (χ2n) is 6.36. The molecule has 0 radical (unpaired) electrons. The number of piperidine rings is 1. The molecule has 0 atom stereocenters. The molecule has 0 N–H and O–H groups in total. The highest BCUT2D eigenvalue weighted by molar-refractivity contribution is 5.86. The van der Waals surface area contributed by atoms with E-state index in [9.17, 15) is 4.79 Å². The summed E-state index contributed by atoms with van der Waals surface area (Å²) in [5.41, 5.74) is 2.76. The number of anilines is 1. The lowest BCUT2D eigenvalue weighted by Crippen LogP contribution is -2.52. The number of carbonyl (C=O) groups is 1. The maximum absolute atomic E-state index is 12.5. The van der Waals surface area contributed by atoms with E-state index in [-0.39, 0.29) is 24.4 Å². The average molecular weight is 362 g/mol. The van der Waals surface area contributed by atoms with Crippen LogP contribution in [0.3, 0.4) is 0 Å². The Labute approximate surface area is 156 Å². The zero-order chi connectivity index (χ0) is 16.9. The van der Waals surface area contributed by atoms with Gasteiger partial charge in [-0.3, -0.25) is 9.47 Å².